The number of methoxy groups -OCH3 is 2. The zero-order chi connectivity index (χ0) is 12.1. The van der Waals surface area contributed by atoms with Gasteiger partial charge in [-0.2, -0.15) is 0 Å². The molecule has 1 rings (SSSR count). The zero-order valence-corrected chi connectivity index (χ0v) is 10.1. The molecule has 1 aromatic carbocycles. The lowest BCUT2D eigenvalue weighted by Gasteiger charge is -2.12. The van der Waals surface area contributed by atoms with Crippen LogP contribution in [-0.4, -0.2) is 26.8 Å². The average Bonchev–Trinajstić information content (AvgIpc) is 2.30. The fourth-order valence-electron chi connectivity index (χ4n) is 1.24. The minimum atomic E-state index is -0.469. The lowest BCUT2D eigenvalue weighted by molar-refractivity contribution is 0.0600. The molecule has 1 aromatic rings. The number of benzene rings is 1. The van der Waals surface area contributed by atoms with Crippen LogP contribution in [0.2, 0.25) is 5.02 Å². The van der Waals surface area contributed by atoms with Crippen LogP contribution in [0.15, 0.2) is 12.1 Å². The summed E-state index contributed by atoms with van der Waals surface area (Å²) in [5, 5.41) is 0.321. The number of halogens is 1. The Morgan fingerprint density at radius 2 is 2.06 bits per heavy atom. The van der Waals surface area contributed by atoms with Gasteiger partial charge in [0.2, 0.25) is 0 Å². The number of hydrogen-bond acceptors (Lipinski definition) is 4. The molecular formula is C11H13ClO4. The van der Waals surface area contributed by atoms with Gasteiger partial charge in [0.1, 0.15) is 0 Å². The van der Waals surface area contributed by atoms with Crippen molar-refractivity contribution in [2.45, 2.75) is 6.92 Å². The van der Waals surface area contributed by atoms with Gasteiger partial charge in [0.05, 0.1) is 31.4 Å². The Kier molecular flexibility index (Phi) is 4.43. The molecule has 0 spiro atoms. The van der Waals surface area contributed by atoms with E-state index in [0.717, 1.165) is 0 Å². The predicted molar refractivity (Wildman–Crippen MR) is 60.5 cm³/mol. The van der Waals surface area contributed by atoms with Crippen LogP contribution in [-0.2, 0) is 4.74 Å². The van der Waals surface area contributed by atoms with E-state index in [2.05, 4.69) is 4.74 Å². The summed E-state index contributed by atoms with van der Waals surface area (Å²) in [7, 11) is 2.79. The van der Waals surface area contributed by atoms with Crippen LogP contribution in [0.25, 0.3) is 0 Å². The van der Waals surface area contributed by atoms with Crippen LogP contribution < -0.4 is 9.47 Å². The van der Waals surface area contributed by atoms with E-state index >= 15 is 0 Å². The molecule has 0 radical (unpaired) electrons. The van der Waals surface area contributed by atoms with Crippen molar-refractivity contribution in [2.75, 3.05) is 20.8 Å². The topological polar surface area (TPSA) is 44.8 Å². The van der Waals surface area contributed by atoms with Crippen LogP contribution in [0.3, 0.4) is 0 Å². The molecule has 0 amide bonds. The summed E-state index contributed by atoms with van der Waals surface area (Å²) in [6.07, 6.45) is 0. The number of carbonyl (C=O) groups is 1. The Balaban J connectivity index is 3.20. The number of ether oxygens (including phenoxy) is 3. The number of rotatable bonds is 4. The second kappa shape index (κ2) is 5.61. The van der Waals surface area contributed by atoms with Gasteiger partial charge in [0.15, 0.2) is 11.5 Å². The summed E-state index contributed by atoms with van der Waals surface area (Å²) in [4.78, 5) is 11.3. The van der Waals surface area contributed by atoms with E-state index in [1.165, 1.54) is 26.4 Å². The van der Waals surface area contributed by atoms with E-state index < -0.39 is 5.97 Å². The van der Waals surface area contributed by atoms with Gasteiger partial charge in [0.25, 0.3) is 0 Å². The Morgan fingerprint density at radius 3 is 2.56 bits per heavy atom. The van der Waals surface area contributed by atoms with E-state index in [1.54, 1.807) is 0 Å². The molecule has 4 nitrogen and oxygen atoms in total. The summed E-state index contributed by atoms with van der Waals surface area (Å²) in [6.45, 7) is 2.30. The van der Waals surface area contributed by atoms with Crippen LogP contribution in [0.5, 0.6) is 11.5 Å². The Bertz CT molecular complexity index is 390. The van der Waals surface area contributed by atoms with Crippen molar-refractivity contribution in [2.24, 2.45) is 0 Å². The third-order valence-corrected chi connectivity index (χ3v) is 2.22. The van der Waals surface area contributed by atoms with Gasteiger partial charge in [-0.1, -0.05) is 11.6 Å². The quantitative estimate of drug-likeness (QED) is 0.764. The second-order valence-corrected chi connectivity index (χ2v) is 3.32. The van der Waals surface area contributed by atoms with Crippen molar-refractivity contribution >= 4 is 17.6 Å². The molecule has 0 aliphatic rings. The molecule has 0 aliphatic heterocycles. The lowest BCUT2D eigenvalue weighted by Crippen LogP contribution is -2.03. The molecular weight excluding hydrogens is 232 g/mol. The van der Waals surface area contributed by atoms with Gasteiger partial charge in [0, 0.05) is 0 Å². The maximum atomic E-state index is 11.3. The fraction of sp³-hybridized carbons (Fsp3) is 0.364. The molecule has 5 heteroatoms. The SMILES string of the molecule is CCOc1c(Cl)cc(C(=O)OC)cc1OC. The lowest BCUT2D eigenvalue weighted by atomic mass is 10.2. The zero-order valence-electron chi connectivity index (χ0n) is 9.37. The highest BCUT2D eigenvalue weighted by molar-refractivity contribution is 6.32. The molecule has 16 heavy (non-hydrogen) atoms. The molecule has 0 atom stereocenters. The summed E-state index contributed by atoms with van der Waals surface area (Å²) in [5.41, 5.74) is 0.327. The van der Waals surface area contributed by atoms with Crippen LogP contribution in [0.1, 0.15) is 17.3 Å². The summed E-state index contributed by atoms with van der Waals surface area (Å²) < 4.78 is 15.0. The summed E-state index contributed by atoms with van der Waals surface area (Å²) in [5.74, 6) is 0.373. The van der Waals surface area contributed by atoms with E-state index in [1.807, 2.05) is 6.92 Å². The van der Waals surface area contributed by atoms with Crippen molar-refractivity contribution in [3.05, 3.63) is 22.7 Å². The maximum absolute atomic E-state index is 11.3. The van der Waals surface area contributed by atoms with Gasteiger partial charge >= 0.3 is 5.97 Å². The third-order valence-electron chi connectivity index (χ3n) is 1.94. The number of hydrogen-bond donors (Lipinski definition) is 0. The molecule has 0 saturated carbocycles. The van der Waals surface area contributed by atoms with Gasteiger partial charge in [-0.25, -0.2) is 4.79 Å². The van der Waals surface area contributed by atoms with Crippen molar-refractivity contribution in [1.29, 1.82) is 0 Å². The summed E-state index contributed by atoms with van der Waals surface area (Å²) >= 11 is 5.98. The smallest absolute Gasteiger partial charge is 0.338 e. The highest BCUT2D eigenvalue weighted by Crippen LogP contribution is 2.36. The van der Waals surface area contributed by atoms with Crippen molar-refractivity contribution in [3.8, 4) is 11.5 Å². The van der Waals surface area contributed by atoms with Crippen molar-refractivity contribution in [3.63, 3.8) is 0 Å². The second-order valence-electron chi connectivity index (χ2n) is 2.91. The standard InChI is InChI=1S/C11H13ClO4/c1-4-16-10-8(12)5-7(11(13)15-3)6-9(10)14-2/h5-6H,4H2,1-3H3. The van der Waals surface area contributed by atoms with E-state index in [9.17, 15) is 4.79 Å². The van der Waals surface area contributed by atoms with Crippen LogP contribution in [0.4, 0.5) is 0 Å². The van der Waals surface area contributed by atoms with Gasteiger partial charge in [-0.15, -0.1) is 0 Å². The Hall–Kier alpha value is -1.42. The van der Waals surface area contributed by atoms with Gasteiger partial charge in [-0.05, 0) is 19.1 Å². The normalized spacial score (nSPS) is 9.75. The largest absolute Gasteiger partial charge is 0.493 e. The molecule has 0 aliphatic carbocycles. The minimum absolute atomic E-state index is 0.321. The first-order valence-electron chi connectivity index (χ1n) is 4.72. The molecule has 0 unspecified atom stereocenters. The first-order chi connectivity index (χ1) is 7.63. The van der Waals surface area contributed by atoms with Gasteiger partial charge in [-0.3, -0.25) is 0 Å². The molecule has 0 aromatic heterocycles. The maximum Gasteiger partial charge on any atom is 0.338 e. The van der Waals surface area contributed by atoms with Gasteiger partial charge < -0.3 is 14.2 Å². The average molecular weight is 245 g/mol. The Morgan fingerprint density at radius 1 is 1.38 bits per heavy atom. The minimum Gasteiger partial charge on any atom is -0.493 e. The van der Waals surface area contributed by atoms with E-state index in [4.69, 9.17) is 21.1 Å². The van der Waals surface area contributed by atoms with E-state index in [-0.39, 0.29) is 0 Å². The molecule has 0 bridgehead atoms. The molecule has 0 saturated heterocycles. The molecule has 0 N–H and O–H groups in total. The fourth-order valence-corrected chi connectivity index (χ4v) is 1.51. The highest BCUT2D eigenvalue weighted by atomic mass is 35.5. The highest BCUT2D eigenvalue weighted by Gasteiger charge is 2.15. The Labute approximate surface area is 99.1 Å². The van der Waals surface area contributed by atoms with Crippen molar-refractivity contribution < 1.29 is 19.0 Å². The van der Waals surface area contributed by atoms with Crippen molar-refractivity contribution in [1.82, 2.24) is 0 Å². The molecule has 0 fully saturated rings. The monoisotopic (exact) mass is 244 g/mol. The third kappa shape index (κ3) is 2.58. The van der Waals surface area contributed by atoms with Crippen LogP contribution >= 0.6 is 11.6 Å². The predicted octanol–water partition coefficient (Wildman–Crippen LogP) is 2.53. The first kappa shape index (κ1) is 12.6. The van der Waals surface area contributed by atoms with E-state index in [0.29, 0.717) is 28.7 Å². The first-order valence-corrected chi connectivity index (χ1v) is 5.10. The molecule has 88 valence electrons. The summed E-state index contributed by atoms with van der Waals surface area (Å²) in [6, 6.07) is 3.02. The van der Waals surface area contributed by atoms with Crippen LogP contribution in [0, 0.1) is 0 Å². The number of carbonyl (C=O) groups excluding carboxylic acids is 1. The molecule has 0 heterocycles. The number of esters is 1.